The molecule has 5 rings (SSSR count). The van der Waals surface area contributed by atoms with E-state index >= 15 is 0 Å². The Morgan fingerprint density at radius 3 is 2.27 bits per heavy atom. The van der Waals surface area contributed by atoms with Gasteiger partial charge >= 0.3 is 0 Å². The van der Waals surface area contributed by atoms with Gasteiger partial charge in [0.1, 0.15) is 5.75 Å². The number of carbonyl (C=O) groups excluding carboxylic acids is 1. The topological polar surface area (TPSA) is 64.3 Å². The molecule has 0 aromatic heterocycles. The summed E-state index contributed by atoms with van der Waals surface area (Å²) < 4.78 is 5.16. The van der Waals surface area contributed by atoms with Crippen LogP contribution in [0.1, 0.15) is 38.5 Å². The van der Waals surface area contributed by atoms with E-state index in [1.165, 1.54) is 19.3 Å². The lowest BCUT2D eigenvalue weighted by Gasteiger charge is -2.55. The minimum absolute atomic E-state index is 0.138. The molecule has 4 saturated carbocycles. The summed E-state index contributed by atoms with van der Waals surface area (Å²) in [4.78, 5) is 13.0. The molecule has 0 unspecified atom stereocenters. The van der Waals surface area contributed by atoms with Gasteiger partial charge < -0.3 is 15.8 Å². The maximum Gasteiger partial charge on any atom is 0.230 e. The average molecular weight is 300 g/mol. The Bertz CT molecular complexity index is 576. The Balaban J connectivity index is 1.55. The molecular formula is C18H24N2O2. The second kappa shape index (κ2) is 4.90. The van der Waals surface area contributed by atoms with Crippen molar-refractivity contribution in [3.05, 3.63) is 18.2 Å². The van der Waals surface area contributed by atoms with Crippen LogP contribution in [0.25, 0.3) is 0 Å². The zero-order chi connectivity index (χ0) is 15.3. The van der Waals surface area contributed by atoms with Crippen LogP contribution in [0, 0.1) is 23.2 Å². The molecule has 0 saturated heterocycles. The summed E-state index contributed by atoms with van der Waals surface area (Å²) in [7, 11) is 1.61. The molecule has 4 nitrogen and oxygen atoms in total. The third-order valence-electron chi connectivity index (χ3n) is 6.03. The highest BCUT2D eigenvalue weighted by atomic mass is 16.5. The summed E-state index contributed by atoms with van der Waals surface area (Å²) in [5, 5.41) is 3.10. The van der Waals surface area contributed by atoms with Crippen LogP contribution in [0.2, 0.25) is 0 Å². The molecule has 3 N–H and O–H groups in total. The number of hydrogen-bond donors (Lipinski definition) is 2. The highest BCUT2D eigenvalue weighted by molar-refractivity contribution is 5.98. The summed E-state index contributed by atoms with van der Waals surface area (Å²) in [6.07, 6.45) is 7.24. The lowest BCUT2D eigenvalue weighted by Crippen LogP contribution is -2.51. The fraction of sp³-hybridized carbons (Fsp3) is 0.611. The molecule has 4 heteroatoms. The summed E-state index contributed by atoms with van der Waals surface area (Å²) in [6.45, 7) is 0. The normalized spacial score (nSPS) is 35.4. The number of benzene rings is 1. The van der Waals surface area contributed by atoms with Crippen LogP contribution in [0.4, 0.5) is 11.4 Å². The van der Waals surface area contributed by atoms with Crippen molar-refractivity contribution in [2.24, 2.45) is 23.2 Å². The Hall–Kier alpha value is -1.71. The summed E-state index contributed by atoms with van der Waals surface area (Å²) in [6, 6.07) is 5.44. The molecule has 4 fully saturated rings. The van der Waals surface area contributed by atoms with E-state index in [4.69, 9.17) is 10.5 Å². The highest BCUT2D eigenvalue weighted by Crippen LogP contribution is 2.60. The molecule has 0 heterocycles. The molecule has 0 aliphatic heterocycles. The molecule has 4 aliphatic carbocycles. The van der Waals surface area contributed by atoms with Gasteiger partial charge in [-0.05, 0) is 68.4 Å². The molecule has 0 spiro atoms. The Labute approximate surface area is 131 Å². The van der Waals surface area contributed by atoms with Crippen molar-refractivity contribution in [1.29, 1.82) is 0 Å². The number of carbonyl (C=O) groups is 1. The van der Waals surface area contributed by atoms with Crippen molar-refractivity contribution in [1.82, 2.24) is 0 Å². The Morgan fingerprint density at radius 1 is 1.18 bits per heavy atom. The number of amides is 1. The maximum atomic E-state index is 13.0. The molecule has 1 amide bonds. The fourth-order valence-corrected chi connectivity index (χ4v) is 5.43. The van der Waals surface area contributed by atoms with Gasteiger partial charge in [-0.2, -0.15) is 0 Å². The van der Waals surface area contributed by atoms with E-state index in [9.17, 15) is 4.79 Å². The SMILES string of the molecule is COc1ccc(NC(=O)C23CC4CC(CC(C4)C2)C3)c(N)c1. The number of nitrogens with one attached hydrogen (secondary N) is 1. The van der Waals surface area contributed by atoms with Crippen LogP contribution in [0.5, 0.6) is 5.75 Å². The first-order valence-corrected chi connectivity index (χ1v) is 8.33. The summed E-state index contributed by atoms with van der Waals surface area (Å²) >= 11 is 0. The summed E-state index contributed by atoms with van der Waals surface area (Å²) in [5.74, 6) is 3.20. The van der Waals surface area contributed by atoms with E-state index in [-0.39, 0.29) is 11.3 Å². The van der Waals surface area contributed by atoms with Crippen LogP contribution in [0.3, 0.4) is 0 Å². The standard InChI is InChI=1S/C18H24N2O2/c1-22-14-2-3-16(15(19)7-14)20-17(21)18-8-11-4-12(9-18)6-13(5-11)10-18/h2-3,7,11-13H,4-6,8-10,19H2,1H3,(H,20,21). The number of hydrogen-bond acceptors (Lipinski definition) is 3. The lowest BCUT2D eigenvalue weighted by atomic mass is 9.49. The van der Waals surface area contributed by atoms with Crippen molar-refractivity contribution < 1.29 is 9.53 Å². The quantitative estimate of drug-likeness (QED) is 0.841. The Morgan fingerprint density at radius 2 is 1.77 bits per heavy atom. The highest BCUT2D eigenvalue weighted by Gasteiger charge is 2.54. The maximum absolute atomic E-state index is 13.0. The molecule has 4 bridgehead atoms. The minimum Gasteiger partial charge on any atom is -0.497 e. The van der Waals surface area contributed by atoms with Crippen molar-refractivity contribution in [3.8, 4) is 5.75 Å². The van der Waals surface area contributed by atoms with Crippen LogP contribution in [-0.4, -0.2) is 13.0 Å². The van der Waals surface area contributed by atoms with Crippen LogP contribution in [0.15, 0.2) is 18.2 Å². The van der Waals surface area contributed by atoms with E-state index in [2.05, 4.69) is 5.32 Å². The third kappa shape index (κ3) is 2.16. The van der Waals surface area contributed by atoms with Crippen molar-refractivity contribution >= 4 is 17.3 Å². The van der Waals surface area contributed by atoms with Crippen molar-refractivity contribution in [2.45, 2.75) is 38.5 Å². The van der Waals surface area contributed by atoms with Gasteiger partial charge in [0, 0.05) is 6.07 Å². The lowest BCUT2D eigenvalue weighted by molar-refractivity contribution is -0.140. The number of methoxy groups -OCH3 is 1. The fourth-order valence-electron chi connectivity index (χ4n) is 5.43. The van der Waals surface area contributed by atoms with Crippen LogP contribution < -0.4 is 15.8 Å². The number of nitrogens with two attached hydrogens (primary N) is 1. The predicted molar refractivity (Wildman–Crippen MR) is 86.6 cm³/mol. The van der Waals surface area contributed by atoms with E-state index in [1.807, 2.05) is 12.1 Å². The molecule has 118 valence electrons. The largest absolute Gasteiger partial charge is 0.497 e. The summed E-state index contributed by atoms with van der Waals surface area (Å²) in [5.41, 5.74) is 7.18. The number of ether oxygens (including phenoxy) is 1. The number of anilines is 2. The second-order valence-corrected chi connectivity index (χ2v) is 7.61. The number of nitrogen functional groups attached to an aromatic ring is 1. The van der Waals surface area contributed by atoms with Gasteiger partial charge in [-0.15, -0.1) is 0 Å². The van der Waals surface area contributed by atoms with Crippen LogP contribution in [-0.2, 0) is 4.79 Å². The van der Waals surface area contributed by atoms with Crippen molar-refractivity contribution in [2.75, 3.05) is 18.2 Å². The molecule has 1 aromatic rings. The molecule has 0 radical (unpaired) electrons. The van der Waals surface area contributed by atoms with E-state index in [1.54, 1.807) is 13.2 Å². The first kappa shape index (κ1) is 13.9. The van der Waals surface area contributed by atoms with Gasteiger partial charge in [0.2, 0.25) is 5.91 Å². The second-order valence-electron chi connectivity index (χ2n) is 7.61. The molecular weight excluding hydrogens is 276 g/mol. The van der Waals surface area contributed by atoms with Gasteiger partial charge in [-0.3, -0.25) is 4.79 Å². The van der Waals surface area contributed by atoms with Gasteiger partial charge in [-0.25, -0.2) is 0 Å². The van der Waals surface area contributed by atoms with Gasteiger partial charge in [-0.1, -0.05) is 0 Å². The van der Waals surface area contributed by atoms with Crippen LogP contribution >= 0.6 is 0 Å². The molecule has 0 atom stereocenters. The van der Waals surface area contributed by atoms with Gasteiger partial charge in [0.25, 0.3) is 0 Å². The first-order chi connectivity index (χ1) is 10.6. The zero-order valence-corrected chi connectivity index (χ0v) is 13.1. The average Bonchev–Trinajstić information content (AvgIpc) is 2.47. The molecule has 22 heavy (non-hydrogen) atoms. The van der Waals surface area contributed by atoms with Gasteiger partial charge in [0.15, 0.2) is 0 Å². The Kier molecular flexibility index (Phi) is 3.10. The van der Waals surface area contributed by atoms with E-state index in [0.717, 1.165) is 37.0 Å². The minimum atomic E-state index is -0.138. The van der Waals surface area contributed by atoms with Gasteiger partial charge in [0.05, 0.1) is 23.9 Å². The predicted octanol–water partition coefficient (Wildman–Crippen LogP) is 3.43. The zero-order valence-electron chi connectivity index (χ0n) is 13.1. The monoisotopic (exact) mass is 300 g/mol. The number of rotatable bonds is 3. The molecule has 1 aromatic carbocycles. The van der Waals surface area contributed by atoms with E-state index < -0.39 is 0 Å². The smallest absolute Gasteiger partial charge is 0.230 e. The third-order valence-corrected chi connectivity index (χ3v) is 6.03. The molecule has 4 aliphatic rings. The van der Waals surface area contributed by atoms with E-state index in [0.29, 0.717) is 17.1 Å². The van der Waals surface area contributed by atoms with Crippen molar-refractivity contribution in [3.63, 3.8) is 0 Å². The first-order valence-electron chi connectivity index (χ1n) is 8.33.